The SMILES string of the molecule is CN(C(=O)c1ccc(NS(=O)(=O)c2ccc(F)c(F)c2)cc1)[C@H]1CCCc2ccccc21. The van der Waals surface area contributed by atoms with Crippen LogP contribution in [0, 0.1) is 11.6 Å². The van der Waals surface area contributed by atoms with Crippen molar-refractivity contribution in [3.8, 4) is 0 Å². The fourth-order valence-electron chi connectivity index (χ4n) is 4.01. The topological polar surface area (TPSA) is 66.5 Å². The van der Waals surface area contributed by atoms with Crippen LogP contribution in [0.1, 0.15) is 40.4 Å². The minimum atomic E-state index is -4.10. The smallest absolute Gasteiger partial charge is 0.261 e. The molecule has 3 aromatic carbocycles. The van der Waals surface area contributed by atoms with Gasteiger partial charge in [0.1, 0.15) is 0 Å². The van der Waals surface area contributed by atoms with Gasteiger partial charge >= 0.3 is 0 Å². The van der Waals surface area contributed by atoms with E-state index in [0.717, 1.165) is 37.0 Å². The van der Waals surface area contributed by atoms with Gasteiger partial charge in [0.25, 0.3) is 15.9 Å². The number of carbonyl (C=O) groups excluding carboxylic acids is 1. The van der Waals surface area contributed by atoms with Gasteiger partial charge in [0.05, 0.1) is 10.9 Å². The minimum absolute atomic E-state index is 0.0148. The third-order valence-corrected chi connectivity index (χ3v) is 7.09. The van der Waals surface area contributed by atoms with E-state index in [9.17, 15) is 22.0 Å². The van der Waals surface area contributed by atoms with Crippen molar-refractivity contribution < 1.29 is 22.0 Å². The van der Waals surface area contributed by atoms with Gasteiger partial charge in [-0.05, 0) is 72.9 Å². The van der Waals surface area contributed by atoms with E-state index in [1.165, 1.54) is 29.8 Å². The number of carbonyl (C=O) groups is 1. The van der Waals surface area contributed by atoms with Gasteiger partial charge in [-0.1, -0.05) is 24.3 Å². The van der Waals surface area contributed by atoms with Crippen LogP contribution in [0.3, 0.4) is 0 Å². The van der Waals surface area contributed by atoms with Crippen molar-refractivity contribution in [1.29, 1.82) is 0 Å². The molecule has 1 atom stereocenters. The number of fused-ring (bicyclic) bond motifs is 1. The van der Waals surface area contributed by atoms with Crippen LogP contribution in [0.15, 0.2) is 71.6 Å². The highest BCUT2D eigenvalue weighted by atomic mass is 32.2. The molecule has 1 amide bonds. The Kier molecular flexibility index (Phi) is 5.97. The molecule has 4 rings (SSSR count). The summed E-state index contributed by atoms with van der Waals surface area (Å²) in [6.45, 7) is 0. The summed E-state index contributed by atoms with van der Waals surface area (Å²) in [5.41, 5.74) is 3.04. The van der Waals surface area contributed by atoms with Gasteiger partial charge in [0.2, 0.25) is 0 Å². The van der Waals surface area contributed by atoms with Gasteiger partial charge in [-0.2, -0.15) is 0 Å². The summed E-state index contributed by atoms with van der Waals surface area (Å²) in [7, 11) is -2.33. The Morgan fingerprint density at radius 1 is 1.00 bits per heavy atom. The summed E-state index contributed by atoms with van der Waals surface area (Å²) < 4.78 is 53.7. The maximum atomic E-state index is 13.4. The summed E-state index contributed by atoms with van der Waals surface area (Å²) in [6, 6.07) is 16.5. The number of halogens is 2. The zero-order chi connectivity index (χ0) is 22.9. The molecule has 8 heteroatoms. The number of hydrogen-bond acceptors (Lipinski definition) is 3. The minimum Gasteiger partial charge on any atom is -0.335 e. The molecule has 0 aromatic heterocycles. The Labute approximate surface area is 185 Å². The second-order valence-corrected chi connectivity index (χ2v) is 9.46. The zero-order valence-electron chi connectivity index (χ0n) is 17.4. The Morgan fingerprint density at radius 2 is 1.72 bits per heavy atom. The molecule has 0 aliphatic heterocycles. The molecule has 0 bridgehead atoms. The quantitative estimate of drug-likeness (QED) is 0.593. The highest BCUT2D eigenvalue weighted by Gasteiger charge is 2.27. The van der Waals surface area contributed by atoms with Gasteiger partial charge in [0, 0.05) is 18.3 Å². The second-order valence-electron chi connectivity index (χ2n) is 7.78. The van der Waals surface area contributed by atoms with E-state index in [4.69, 9.17) is 0 Å². The number of sulfonamides is 1. The Hall–Kier alpha value is -3.26. The predicted molar refractivity (Wildman–Crippen MR) is 118 cm³/mol. The van der Waals surface area contributed by atoms with Crippen LogP contribution in [-0.4, -0.2) is 26.3 Å². The van der Waals surface area contributed by atoms with Crippen LogP contribution in [0.25, 0.3) is 0 Å². The molecule has 1 aliphatic carbocycles. The molecule has 0 saturated carbocycles. The molecule has 1 aliphatic rings. The van der Waals surface area contributed by atoms with Gasteiger partial charge < -0.3 is 4.90 Å². The molecule has 0 saturated heterocycles. The Bertz CT molecular complexity index is 1260. The molecule has 0 unspecified atom stereocenters. The maximum Gasteiger partial charge on any atom is 0.261 e. The van der Waals surface area contributed by atoms with E-state index in [-0.39, 0.29) is 17.6 Å². The first-order chi connectivity index (χ1) is 15.3. The lowest BCUT2D eigenvalue weighted by Gasteiger charge is -2.33. The third kappa shape index (κ3) is 4.36. The van der Waals surface area contributed by atoms with Crippen molar-refractivity contribution in [3.63, 3.8) is 0 Å². The normalized spacial score (nSPS) is 15.7. The second kappa shape index (κ2) is 8.70. The van der Waals surface area contributed by atoms with E-state index in [2.05, 4.69) is 16.9 Å². The van der Waals surface area contributed by atoms with Crippen molar-refractivity contribution >= 4 is 21.6 Å². The number of amides is 1. The lowest BCUT2D eigenvalue weighted by Crippen LogP contribution is -2.33. The Morgan fingerprint density at radius 3 is 2.44 bits per heavy atom. The van der Waals surface area contributed by atoms with Crippen molar-refractivity contribution in [2.75, 3.05) is 11.8 Å². The molecule has 0 radical (unpaired) electrons. The number of benzene rings is 3. The monoisotopic (exact) mass is 456 g/mol. The number of rotatable bonds is 5. The standard InChI is InChI=1S/C24H22F2N2O3S/c1-28(23-8-4-6-16-5-2-3-7-20(16)23)24(29)17-9-11-18(12-10-17)27-32(30,31)19-13-14-21(25)22(26)15-19/h2-3,5,7,9-15,23,27H,4,6,8H2,1H3/t23-/m0/s1. The van der Waals surface area contributed by atoms with Crippen molar-refractivity contribution in [1.82, 2.24) is 4.90 Å². The summed E-state index contributed by atoms with van der Waals surface area (Å²) in [5, 5.41) is 0. The molecule has 3 aromatic rings. The van der Waals surface area contributed by atoms with Gasteiger partial charge in [-0.15, -0.1) is 0 Å². The van der Waals surface area contributed by atoms with E-state index >= 15 is 0 Å². The average Bonchev–Trinajstić information content (AvgIpc) is 2.79. The molecule has 0 fully saturated rings. The fraction of sp³-hybridized carbons (Fsp3) is 0.208. The first-order valence-electron chi connectivity index (χ1n) is 10.2. The highest BCUT2D eigenvalue weighted by molar-refractivity contribution is 7.92. The van der Waals surface area contributed by atoms with E-state index in [0.29, 0.717) is 11.6 Å². The van der Waals surface area contributed by atoms with Gasteiger partial charge in [0.15, 0.2) is 11.6 Å². The lowest BCUT2D eigenvalue weighted by atomic mass is 9.87. The number of aryl methyl sites for hydroxylation is 1. The summed E-state index contributed by atoms with van der Waals surface area (Å²) in [4.78, 5) is 14.4. The van der Waals surface area contributed by atoms with Crippen LogP contribution >= 0.6 is 0 Å². The number of nitrogens with zero attached hydrogens (tertiary/aromatic N) is 1. The van der Waals surface area contributed by atoms with E-state index in [1.807, 2.05) is 12.1 Å². The van der Waals surface area contributed by atoms with Crippen molar-refractivity contribution in [2.45, 2.75) is 30.2 Å². The maximum absolute atomic E-state index is 13.4. The first-order valence-corrected chi connectivity index (χ1v) is 11.7. The van der Waals surface area contributed by atoms with Crippen LogP contribution in [0.2, 0.25) is 0 Å². The molecule has 5 nitrogen and oxygen atoms in total. The Balaban J connectivity index is 1.50. The van der Waals surface area contributed by atoms with Crippen molar-refractivity contribution in [3.05, 3.63) is 95.1 Å². The fourth-order valence-corrected chi connectivity index (χ4v) is 5.08. The number of anilines is 1. The van der Waals surface area contributed by atoms with E-state index in [1.54, 1.807) is 11.9 Å². The van der Waals surface area contributed by atoms with Crippen LogP contribution in [0.5, 0.6) is 0 Å². The molecule has 0 spiro atoms. The summed E-state index contributed by atoms with van der Waals surface area (Å²) in [6.07, 6.45) is 2.89. The van der Waals surface area contributed by atoms with E-state index < -0.39 is 26.6 Å². The summed E-state index contributed by atoms with van der Waals surface area (Å²) >= 11 is 0. The van der Waals surface area contributed by atoms with Crippen LogP contribution < -0.4 is 4.72 Å². The number of nitrogens with one attached hydrogen (secondary N) is 1. The van der Waals surface area contributed by atoms with Gasteiger partial charge in [-0.3, -0.25) is 9.52 Å². The van der Waals surface area contributed by atoms with Crippen LogP contribution in [0.4, 0.5) is 14.5 Å². The summed E-state index contributed by atoms with van der Waals surface area (Å²) in [5.74, 6) is -2.54. The lowest BCUT2D eigenvalue weighted by molar-refractivity contribution is 0.0715. The zero-order valence-corrected chi connectivity index (χ0v) is 18.2. The molecule has 0 heterocycles. The molecular weight excluding hydrogens is 434 g/mol. The van der Waals surface area contributed by atoms with Gasteiger partial charge in [-0.25, -0.2) is 17.2 Å². The highest BCUT2D eigenvalue weighted by Crippen LogP contribution is 2.34. The molecule has 32 heavy (non-hydrogen) atoms. The number of hydrogen-bond donors (Lipinski definition) is 1. The molecular formula is C24H22F2N2O3S. The van der Waals surface area contributed by atoms with Crippen molar-refractivity contribution in [2.24, 2.45) is 0 Å². The predicted octanol–water partition coefficient (Wildman–Crippen LogP) is 4.92. The largest absolute Gasteiger partial charge is 0.335 e. The van der Waals surface area contributed by atoms with Crippen LogP contribution in [-0.2, 0) is 16.4 Å². The molecule has 1 N–H and O–H groups in total. The third-order valence-electron chi connectivity index (χ3n) is 5.71. The molecule has 166 valence electrons. The average molecular weight is 457 g/mol. The first kappa shape index (κ1) is 22.0.